The number of nitrogens with zero attached hydrogens (tertiary/aromatic N) is 2. The normalized spacial score (nSPS) is 20.7. The van der Waals surface area contributed by atoms with Crippen LogP contribution in [-0.2, 0) is 22.2 Å². The van der Waals surface area contributed by atoms with Crippen LogP contribution in [0.3, 0.4) is 0 Å². The lowest BCUT2D eigenvalue weighted by molar-refractivity contribution is -0.185. The molecule has 0 atom stereocenters. The summed E-state index contributed by atoms with van der Waals surface area (Å²) in [7, 11) is 0. The topological polar surface area (TPSA) is 47.7 Å². The smallest absolute Gasteiger partial charge is 0.416 e. The van der Waals surface area contributed by atoms with Gasteiger partial charge in [0.25, 0.3) is 0 Å². The third kappa shape index (κ3) is 3.62. The van der Waals surface area contributed by atoms with Crippen molar-refractivity contribution in [1.29, 1.82) is 0 Å². The van der Waals surface area contributed by atoms with Crippen LogP contribution in [-0.4, -0.2) is 42.0 Å². The molecule has 140 valence electrons. The Balaban J connectivity index is 1.38. The van der Waals surface area contributed by atoms with Gasteiger partial charge in [0.1, 0.15) is 6.26 Å². The van der Waals surface area contributed by atoms with Crippen LogP contribution in [0.5, 0.6) is 0 Å². The molecule has 4 rings (SSSR count). The molecular weight excluding hydrogens is 349 g/mol. The molecule has 2 fully saturated rings. The Morgan fingerprint density at radius 1 is 1.04 bits per heavy atom. The SMILES string of the molecule is FC(F)(F)c1ccc(-c2nc(CN3CCC4(CC3)OCCO4)co2)cc1. The maximum atomic E-state index is 12.6. The molecule has 3 heterocycles. The van der Waals surface area contributed by atoms with Crippen LogP contribution >= 0.6 is 0 Å². The summed E-state index contributed by atoms with van der Waals surface area (Å²) < 4.78 is 54.8. The van der Waals surface area contributed by atoms with Crippen molar-refractivity contribution < 1.29 is 27.1 Å². The molecular formula is C18H19F3N2O3. The lowest BCUT2D eigenvalue weighted by Crippen LogP contribution is -2.44. The van der Waals surface area contributed by atoms with Gasteiger partial charge in [-0.2, -0.15) is 13.2 Å². The first-order valence-electron chi connectivity index (χ1n) is 8.56. The molecule has 5 nitrogen and oxygen atoms in total. The van der Waals surface area contributed by atoms with Crippen molar-refractivity contribution in [2.75, 3.05) is 26.3 Å². The highest BCUT2D eigenvalue weighted by Crippen LogP contribution is 2.32. The molecule has 0 bridgehead atoms. The molecule has 0 aliphatic carbocycles. The highest BCUT2D eigenvalue weighted by atomic mass is 19.4. The van der Waals surface area contributed by atoms with Crippen LogP contribution in [0.2, 0.25) is 0 Å². The third-order valence-electron chi connectivity index (χ3n) is 4.83. The minimum Gasteiger partial charge on any atom is -0.444 e. The van der Waals surface area contributed by atoms with E-state index in [1.54, 1.807) is 6.26 Å². The minimum atomic E-state index is -4.35. The number of hydrogen-bond donors (Lipinski definition) is 0. The Hall–Kier alpha value is -1.90. The van der Waals surface area contributed by atoms with E-state index in [0.717, 1.165) is 43.8 Å². The van der Waals surface area contributed by atoms with E-state index in [1.807, 2.05) is 0 Å². The zero-order valence-corrected chi connectivity index (χ0v) is 14.1. The molecule has 0 N–H and O–H groups in total. The number of rotatable bonds is 3. The average Bonchev–Trinajstić information content (AvgIpc) is 3.27. The Bertz CT molecular complexity index is 742. The van der Waals surface area contributed by atoms with E-state index in [1.165, 1.54) is 12.1 Å². The van der Waals surface area contributed by atoms with Gasteiger partial charge in [0.2, 0.25) is 5.89 Å². The van der Waals surface area contributed by atoms with Crippen LogP contribution in [0.4, 0.5) is 13.2 Å². The van der Waals surface area contributed by atoms with Gasteiger partial charge in [-0.05, 0) is 24.3 Å². The summed E-state index contributed by atoms with van der Waals surface area (Å²) in [4.78, 5) is 6.64. The summed E-state index contributed by atoms with van der Waals surface area (Å²) in [6.45, 7) is 3.60. The van der Waals surface area contributed by atoms with E-state index in [2.05, 4.69) is 9.88 Å². The number of likely N-dealkylation sites (tertiary alicyclic amines) is 1. The van der Waals surface area contributed by atoms with E-state index >= 15 is 0 Å². The molecule has 8 heteroatoms. The van der Waals surface area contributed by atoms with E-state index in [0.29, 0.717) is 31.2 Å². The Labute approximate surface area is 148 Å². The lowest BCUT2D eigenvalue weighted by atomic mass is 10.0. The van der Waals surface area contributed by atoms with Crippen molar-refractivity contribution in [1.82, 2.24) is 9.88 Å². The van der Waals surface area contributed by atoms with Gasteiger partial charge < -0.3 is 13.9 Å². The maximum Gasteiger partial charge on any atom is 0.416 e. The predicted octanol–water partition coefficient (Wildman–Crippen LogP) is 3.70. The highest BCUT2D eigenvalue weighted by molar-refractivity contribution is 5.53. The zero-order chi connectivity index (χ0) is 18.2. The van der Waals surface area contributed by atoms with Crippen molar-refractivity contribution in [3.05, 3.63) is 41.8 Å². The van der Waals surface area contributed by atoms with Crippen LogP contribution in [0.15, 0.2) is 34.9 Å². The molecule has 2 saturated heterocycles. The van der Waals surface area contributed by atoms with E-state index in [-0.39, 0.29) is 0 Å². The summed E-state index contributed by atoms with van der Waals surface area (Å²) in [6, 6.07) is 4.81. The summed E-state index contributed by atoms with van der Waals surface area (Å²) in [6.07, 6.45) is -1.16. The fourth-order valence-corrected chi connectivity index (χ4v) is 3.38. The molecule has 2 aliphatic rings. The van der Waals surface area contributed by atoms with Gasteiger partial charge in [0.15, 0.2) is 5.79 Å². The number of alkyl halides is 3. The largest absolute Gasteiger partial charge is 0.444 e. The van der Waals surface area contributed by atoms with Crippen molar-refractivity contribution in [3.8, 4) is 11.5 Å². The Kier molecular flexibility index (Phi) is 4.50. The van der Waals surface area contributed by atoms with Gasteiger partial charge in [-0.1, -0.05) is 0 Å². The van der Waals surface area contributed by atoms with E-state index < -0.39 is 17.5 Å². The average molecular weight is 368 g/mol. The number of hydrogen-bond acceptors (Lipinski definition) is 5. The fraction of sp³-hybridized carbons (Fsp3) is 0.500. The predicted molar refractivity (Wildman–Crippen MR) is 86.1 cm³/mol. The molecule has 1 aromatic carbocycles. The summed E-state index contributed by atoms with van der Waals surface area (Å²) in [5, 5.41) is 0. The number of piperidine rings is 1. The van der Waals surface area contributed by atoms with Crippen LogP contribution < -0.4 is 0 Å². The van der Waals surface area contributed by atoms with Crippen LogP contribution in [0.1, 0.15) is 24.1 Å². The standard InChI is InChI=1S/C18H19F3N2O3/c19-18(20,21)14-3-1-13(2-4-14)16-22-15(12-24-16)11-23-7-5-17(6-8-23)25-9-10-26-17/h1-4,12H,5-11H2. The highest BCUT2D eigenvalue weighted by Gasteiger charge is 2.39. The van der Waals surface area contributed by atoms with E-state index in [9.17, 15) is 13.2 Å². The summed E-state index contributed by atoms with van der Waals surface area (Å²) in [5.41, 5.74) is 0.588. The number of benzene rings is 1. The molecule has 2 aromatic rings. The van der Waals surface area contributed by atoms with E-state index in [4.69, 9.17) is 13.9 Å². The number of ether oxygens (including phenoxy) is 2. The number of oxazole rings is 1. The molecule has 0 saturated carbocycles. The number of aromatic nitrogens is 1. The quantitative estimate of drug-likeness (QED) is 0.827. The van der Waals surface area contributed by atoms with Crippen molar-refractivity contribution in [2.45, 2.75) is 31.3 Å². The van der Waals surface area contributed by atoms with Gasteiger partial charge in [-0.3, -0.25) is 4.90 Å². The second-order valence-corrected chi connectivity index (χ2v) is 6.60. The zero-order valence-electron chi connectivity index (χ0n) is 14.1. The minimum absolute atomic E-state index is 0.324. The van der Waals surface area contributed by atoms with Crippen LogP contribution in [0.25, 0.3) is 11.5 Å². The molecule has 0 unspecified atom stereocenters. The Morgan fingerprint density at radius 3 is 2.31 bits per heavy atom. The van der Waals surface area contributed by atoms with Crippen molar-refractivity contribution in [2.24, 2.45) is 0 Å². The first-order chi connectivity index (χ1) is 12.4. The molecule has 0 radical (unpaired) electrons. The third-order valence-corrected chi connectivity index (χ3v) is 4.83. The van der Waals surface area contributed by atoms with Crippen molar-refractivity contribution >= 4 is 0 Å². The van der Waals surface area contributed by atoms with Gasteiger partial charge in [0, 0.05) is 38.0 Å². The van der Waals surface area contributed by atoms with Gasteiger partial charge in [-0.15, -0.1) is 0 Å². The number of halogens is 3. The second kappa shape index (κ2) is 6.68. The monoisotopic (exact) mass is 368 g/mol. The molecule has 0 amide bonds. The van der Waals surface area contributed by atoms with Crippen LogP contribution in [0, 0.1) is 0 Å². The van der Waals surface area contributed by atoms with Gasteiger partial charge in [-0.25, -0.2) is 4.98 Å². The first kappa shape index (κ1) is 17.5. The molecule has 1 spiro atoms. The van der Waals surface area contributed by atoms with Gasteiger partial charge in [0.05, 0.1) is 24.5 Å². The summed E-state index contributed by atoms with van der Waals surface area (Å²) >= 11 is 0. The lowest BCUT2D eigenvalue weighted by Gasteiger charge is -2.37. The summed E-state index contributed by atoms with van der Waals surface area (Å²) in [5.74, 6) is -0.0872. The first-order valence-corrected chi connectivity index (χ1v) is 8.56. The van der Waals surface area contributed by atoms with Gasteiger partial charge >= 0.3 is 6.18 Å². The fourth-order valence-electron chi connectivity index (χ4n) is 3.38. The molecule has 26 heavy (non-hydrogen) atoms. The molecule has 1 aromatic heterocycles. The maximum absolute atomic E-state index is 12.6. The molecule has 2 aliphatic heterocycles. The Morgan fingerprint density at radius 2 is 1.69 bits per heavy atom. The van der Waals surface area contributed by atoms with Crippen molar-refractivity contribution in [3.63, 3.8) is 0 Å². The second-order valence-electron chi connectivity index (χ2n) is 6.60.